The highest BCUT2D eigenvalue weighted by Gasteiger charge is 2.22. The van der Waals surface area contributed by atoms with Gasteiger partial charge in [-0.15, -0.1) is 0 Å². The molecule has 0 spiro atoms. The second kappa shape index (κ2) is 8.84. The fourth-order valence-electron chi connectivity index (χ4n) is 2.86. The van der Waals surface area contributed by atoms with Crippen molar-refractivity contribution in [3.8, 4) is 17.1 Å². The minimum absolute atomic E-state index is 0.172. The Morgan fingerprint density at radius 3 is 2.41 bits per heavy atom. The molecule has 0 fully saturated rings. The molecule has 0 aliphatic carbocycles. The Labute approximate surface area is 179 Å². The van der Waals surface area contributed by atoms with Crippen LogP contribution in [0.25, 0.3) is 11.4 Å². The van der Waals surface area contributed by atoms with E-state index in [9.17, 15) is 4.79 Å². The molecule has 1 heterocycles. The van der Waals surface area contributed by atoms with Crippen molar-refractivity contribution < 1.29 is 14.1 Å². The number of hydrogen-bond donors (Lipinski definition) is 0. The highest BCUT2D eigenvalue weighted by Crippen LogP contribution is 2.26. The van der Waals surface area contributed by atoms with E-state index in [0.717, 1.165) is 16.7 Å². The normalized spacial score (nSPS) is 11.9. The average Bonchev–Trinajstić information content (AvgIpc) is 3.14. The van der Waals surface area contributed by atoms with Crippen molar-refractivity contribution in [2.45, 2.75) is 33.4 Å². The molecule has 0 aliphatic rings. The van der Waals surface area contributed by atoms with Crippen molar-refractivity contribution in [1.82, 2.24) is 15.0 Å². The van der Waals surface area contributed by atoms with E-state index in [1.807, 2.05) is 26.0 Å². The van der Waals surface area contributed by atoms with E-state index in [0.29, 0.717) is 27.5 Å². The lowest BCUT2D eigenvalue weighted by molar-refractivity contribution is -0.137. The van der Waals surface area contributed by atoms with Crippen molar-refractivity contribution in [1.29, 1.82) is 0 Å². The fourth-order valence-corrected chi connectivity index (χ4v) is 3.09. The van der Waals surface area contributed by atoms with Gasteiger partial charge < -0.3 is 14.2 Å². The number of ether oxygens (including phenoxy) is 1. The zero-order valence-corrected chi connectivity index (χ0v) is 18.1. The molecule has 0 radical (unpaired) electrons. The van der Waals surface area contributed by atoms with Crippen LogP contribution in [0.3, 0.4) is 0 Å². The summed E-state index contributed by atoms with van der Waals surface area (Å²) in [4.78, 5) is 18.5. The molecule has 2 aromatic carbocycles. The second-order valence-corrected chi connectivity index (χ2v) is 7.66. The molecule has 1 aromatic heterocycles. The lowest BCUT2D eigenvalue weighted by Gasteiger charge is -2.21. The summed E-state index contributed by atoms with van der Waals surface area (Å²) in [6.07, 6.45) is -0.682. The Balaban J connectivity index is 1.63. The van der Waals surface area contributed by atoms with E-state index in [1.54, 1.807) is 38.2 Å². The summed E-state index contributed by atoms with van der Waals surface area (Å²) in [6, 6.07) is 10.7. The number of carbonyl (C=O) groups is 1. The van der Waals surface area contributed by atoms with Gasteiger partial charge in [-0.05, 0) is 68.3 Å². The summed E-state index contributed by atoms with van der Waals surface area (Å²) in [5.74, 6) is 1.16. The van der Waals surface area contributed by atoms with Crippen molar-refractivity contribution in [2.75, 3.05) is 7.05 Å². The van der Waals surface area contributed by atoms with E-state index < -0.39 is 6.10 Å². The highest BCUT2D eigenvalue weighted by atomic mass is 35.5. The molecule has 3 rings (SSSR count). The lowest BCUT2D eigenvalue weighted by atomic mass is 10.1. The number of rotatable bonds is 6. The Hall–Kier alpha value is -2.57. The van der Waals surface area contributed by atoms with Gasteiger partial charge in [-0.3, -0.25) is 4.79 Å². The van der Waals surface area contributed by atoms with E-state index in [1.165, 1.54) is 4.90 Å². The first-order valence-corrected chi connectivity index (χ1v) is 9.77. The number of hydrogen-bond acceptors (Lipinski definition) is 5. The molecule has 3 aromatic rings. The third-order valence-electron chi connectivity index (χ3n) is 4.39. The largest absolute Gasteiger partial charge is 0.481 e. The standard InChI is InChI=1S/C21H21Cl2N3O3/c1-12-9-17(10-13(2)19(12)23)28-14(3)21(27)26(4)11-18-24-20(25-29-18)15-5-7-16(22)8-6-15/h5-10,14H,11H2,1-4H3/t14-/m0/s1. The van der Waals surface area contributed by atoms with Crippen LogP contribution in [0.1, 0.15) is 23.9 Å². The molecule has 0 aliphatic heterocycles. The zero-order chi connectivity index (χ0) is 21.1. The smallest absolute Gasteiger partial charge is 0.263 e. The van der Waals surface area contributed by atoms with Gasteiger partial charge in [-0.25, -0.2) is 0 Å². The third kappa shape index (κ3) is 5.08. The molecule has 0 N–H and O–H groups in total. The molecule has 152 valence electrons. The van der Waals surface area contributed by atoms with Crippen LogP contribution in [0, 0.1) is 13.8 Å². The summed E-state index contributed by atoms with van der Waals surface area (Å²) in [7, 11) is 1.66. The van der Waals surface area contributed by atoms with Crippen LogP contribution >= 0.6 is 23.2 Å². The van der Waals surface area contributed by atoms with Crippen molar-refractivity contribution >= 4 is 29.1 Å². The van der Waals surface area contributed by atoms with Gasteiger partial charge in [0.2, 0.25) is 11.7 Å². The molecule has 29 heavy (non-hydrogen) atoms. The Morgan fingerprint density at radius 1 is 1.17 bits per heavy atom. The summed E-state index contributed by atoms with van der Waals surface area (Å²) < 4.78 is 11.1. The Morgan fingerprint density at radius 2 is 1.79 bits per heavy atom. The molecule has 1 atom stereocenters. The first-order chi connectivity index (χ1) is 13.7. The number of nitrogens with zero attached hydrogens (tertiary/aromatic N) is 3. The maximum Gasteiger partial charge on any atom is 0.263 e. The number of carbonyl (C=O) groups excluding carboxylic acids is 1. The SMILES string of the molecule is Cc1cc(O[C@@H](C)C(=O)N(C)Cc2nc(-c3ccc(Cl)cc3)no2)cc(C)c1Cl. The third-order valence-corrected chi connectivity index (χ3v) is 5.24. The molecule has 1 amide bonds. The zero-order valence-electron chi connectivity index (χ0n) is 16.6. The molecule has 0 unspecified atom stereocenters. The minimum atomic E-state index is -0.682. The maximum absolute atomic E-state index is 12.7. The summed E-state index contributed by atoms with van der Waals surface area (Å²) in [5, 5.41) is 5.28. The number of likely N-dealkylation sites (N-methyl/N-ethyl adjacent to an activating group) is 1. The predicted molar refractivity (Wildman–Crippen MR) is 112 cm³/mol. The monoisotopic (exact) mass is 433 g/mol. The molecule has 8 heteroatoms. The highest BCUT2D eigenvalue weighted by molar-refractivity contribution is 6.32. The topological polar surface area (TPSA) is 68.5 Å². The molecule has 0 saturated carbocycles. The van der Waals surface area contributed by atoms with Crippen molar-refractivity contribution in [3.05, 3.63) is 63.5 Å². The first-order valence-electron chi connectivity index (χ1n) is 9.01. The lowest BCUT2D eigenvalue weighted by Crippen LogP contribution is -2.37. The molecule has 6 nitrogen and oxygen atoms in total. The minimum Gasteiger partial charge on any atom is -0.481 e. The van der Waals surface area contributed by atoms with Crippen LogP contribution < -0.4 is 4.74 Å². The van der Waals surface area contributed by atoms with Crippen LogP contribution in [-0.4, -0.2) is 34.1 Å². The number of benzene rings is 2. The van der Waals surface area contributed by atoms with E-state index in [2.05, 4.69) is 10.1 Å². The Kier molecular flexibility index (Phi) is 6.45. The predicted octanol–water partition coefficient (Wildman–Crippen LogP) is 5.09. The quantitative estimate of drug-likeness (QED) is 0.541. The van der Waals surface area contributed by atoms with Gasteiger partial charge in [0.05, 0.1) is 6.54 Å². The van der Waals surface area contributed by atoms with E-state index in [4.69, 9.17) is 32.5 Å². The maximum atomic E-state index is 12.7. The fraction of sp³-hybridized carbons (Fsp3) is 0.286. The van der Waals surface area contributed by atoms with Gasteiger partial charge in [0.15, 0.2) is 6.10 Å². The van der Waals surface area contributed by atoms with Crippen molar-refractivity contribution in [3.63, 3.8) is 0 Å². The van der Waals surface area contributed by atoms with Crippen LogP contribution in [0.4, 0.5) is 0 Å². The van der Waals surface area contributed by atoms with Gasteiger partial charge in [0, 0.05) is 22.7 Å². The van der Waals surface area contributed by atoms with Crippen LogP contribution in [-0.2, 0) is 11.3 Å². The summed E-state index contributed by atoms with van der Waals surface area (Å²) in [6.45, 7) is 5.67. The summed E-state index contributed by atoms with van der Waals surface area (Å²) >= 11 is 12.1. The van der Waals surface area contributed by atoms with Crippen LogP contribution in [0.5, 0.6) is 5.75 Å². The average molecular weight is 434 g/mol. The number of aryl methyl sites for hydroxylation is 2. The van der Waals surface area contributed by atoms with Gasteiger partial charge in [-0.2, -0.15) is 4.98 Å². The Bertz CT molecular complexity index is 995. The van der Waals surface area contributed by atoms with Gasteiger partial charge in [0.1, 0.15) is 5.75 Å². The van der Waals surface area contributed by atoms with Crippen molar-refractivity contribution in [2.24, 2.45) is 0 Å². The molecular formula is C21H21Cl2N3O3. The summed E-state index contributed by atoms with van der Waals surface area (Å²) in [5.41, 5.74) is 2.58. The number of halogens is 2. The van der Waals surface area contributed by atoms with E-state index >= 15 is 0 Å². The first kappa shape index (κ1) is 21.1. The molecule has 0 bridgehead atoms. The van der Waals surface area contributed by atoms with E-state index in [-0.39, 0.29) is 12.5 Å². The van der Waals surface area contributed by atoms with Gasteiger partial charge in [0.25, 0.3) is 5.91 Å². The number of aromatic nitrogens is 2. The second-order valence-electron chi connectivity index (χ2n) is 6.84. The van der Waals surface area contributed by atoms with Gasteiger partial charge >= 0.3 is 0 Å². The van der Waals surface area contributed by atoms with Gasteiger partial charge in [-0.1, -0.05) is 28.4 Å². The number of amides is 1. The van der Waals surface area contributed by atoms with Crippen LogP contribution in [0.15, 0.2) is 40.9 Å². The van der Waals surface area contributed by atoms with Crippen LogP contribution in [0.2, 0.25) is 10.0 Å². The molecule has 0 saturated heterocycles. The molecular weight excluding hydrogens is 413 g/mol.